The lowest BCUT2D eigenvalue weighted by molar-refractivity contribution is -0.147. The summed E-state index contributed by atoms with van der Waals surface area (Å²) in [5.41, 5.74) is 0.428. The van der Waals surface area contributed by atoms with E-state index in [1.807, 2.05) is 67.6 Å². The van der Waals surface area contributed by atoms with Gasteiger partial charge in [0, 0.05) is 5.92 Å². The number of rotatable bonds is 9. The van der Waals surface area contributed by atoms with Crippen LogP contribution in [0.25, 0.3) is 0 Å². The Morgan fingerprint density at radius 1 is 0.963 bits per heavy atom. The van der Waals surface area contributed by atoms with Gasteiger partial charge >= 0.3 is 0 Å². The quantitative estimate of drug-likeness (QED) is 0.728. The van der Waals surface area contributed by atoms with Crippen LogP contribution in [0.2, 0.25) is 0 Å². The number of Topliss-reactive ketones (excluding diaryl/α,β-unsaturated/α-hetero) is 1. The van der Waals surface area contributed by atoms with Gasteiger partial charge in [0.1, 0.15) is 6.61 Å². The third-order valence-corrected chi connectivity index (χ3v) is 4.85. The summed E-state index contributed by atoms with van der Waals surface area (Å²) in [6.07, 6.45) is 3.33. The van der Waals surface area contributed by atoms with Crippen molar-refractivity contribution < 1.29 is 19.4 Å². The van der Waals surface area contributed by atoms with E-state index in [9.17, 15) is 9.90 Å². The summed E-state index contributed by atoms with van der Waals surface area (Å²) in [5, 5.41) is 11.1. The smallest absolute Gasteiger partial charge is 0.231 e. The van der Waals surface area contributed by atoms with Crippen molar-refractivity contribution in [3.63, 3.8) is 0 Å². The van der Waals surface area contributed by atoms with Crippen molar-refractivity contribution in [3.05, 3.63) is 83.6 Å². The summed E-state index contributed by atoms with van der Waals surface area (Å²) in [7, 11) is 0. The van der Waals surface area contributed by atoms with Crippen LogP contribution in [0.5, 0.6) is 0 Å². The third-order valence-electron chi connectivity index (χ3n) is 4.85. The Morgan fingerprint density at radius 2 is 1.56 bits per heavy atom. The molecule has 2 atom stereocenters. The first-order valence-electron chi connectivity index (χ1n) is 9.41. The molecule has 1 aliphatic carbocycles. The highest BCUT2D eigenvalue weighted by Gasteiger charge is 2.50. The molecule has 4 heteroatoms. The Labute approximate surface area is 160 Å². The minimum Gasteiger partial charge on any atom is -0.485 e. The molecule has 142 valence electrons. The van der Waals surface area contributed by atoms with Gasteiger partial charge < -0.3 is 14.6 Å². The Balaban J connectivity index is 1.63. The summed E-state index contributed by atoms with van der Waals surface area (Å²) in [6, 6.07) is 19.4. The second kappa shape index (κ2) is 8.98. The molecule has 2 aromatic carbocycles. The van der Waals surface area contributed by atoms with Crippen molar-refractivity contribution in [2.24, 2.45) is 5.92 Å². The van der Waals surface area contributed by atoms with Crippen molar-refractivity contribution in [1.82, 2.24) is 0 Å². The topological polar surface area (TPSA) is 55.8 Å². The third kappa shape index (κ3) is 4.65. The highest BCUT2D eigenvalue weighted by molar-refractivity contribution is 6.03. The molecule has 0 heterocycles. The fourth-order valence-corrected chi connectivity index (χ4v) is 3.33. The maximum Gasteiger partial charge on any atom is 0.231 e. The second-order valence-electron chi connectivity index (χ2n) is 6.93. The van der Waals surface area contributed by atoms with E-state index in [-0.39, 0.29) is 24.1 Å². The van der Waals surface area contributed by atoms with Gasteiger partial charge in [-0.05, 0) is 23.6 Å². The second-order valence-corrected chi connectivity index (χ2v) is 6.93. The Morgan fingerprint density at radius 3 is 2.15 bits per heavy atom. The van der Waals surface area contributed by atoms with Gasteiger partial charge in [-0.25, -0.2) is 0 Å². The lowest BCUT2D eigenvalue weighted by Crippen LogP contribution is -2.46. The number of carbonyl (C=O) groups excluding carboxylic acids is 1. The predicted molar refractivity (Wildman–Crippen MR) is 104 cm³/mol. The van der Waals surface area contributed by atoms with Crippen LogP contribution in [0.1, 0.15) is 30.9 Å². The molecular weight excluding hydrogens is 340 g/mol. The highest BCUT2D eigenvalue weighted by atomic mass is 16.5. The van der Waals surface area contributed by atoms with Crippen LogP contribution < -0.4 is 0 Å². The van der Waals surface area contributed by atoms with Crippen LogP contribution in [0.4, 0.5) is 0 Å². The molecule has 0 unspecified atom stereocenters. The first-order valence-corrected chi connectivity index (χ1v) is 9.41. The molecule has 0 amide bonds. The van der Waals surface area contributed by atoms with Gasteiger partial charge in [0.25, 0.3) is 0 Å². The number of ether oxygens (including phenoxy) is 2. The minimum absolute atomic E-state index is 0.0416. The number of aliphatic hydroxyl groups is 1. The fraction of sp³-hybridized carbons (Fsp3) is 0.348. The maximum absolute atomic E-state index is 12.9. The van der Waals surface area contributed by atoms with Crippen LogP contribution in [0, 0.1) is 5.92 Å². The summed E-state index contributed by atoms with van der Waals surface area (Å²) in [5.74, 6) is -0.440. The van der Waals surface area contributed by atoms with Crippen LogP contribution in [0.3, 0.4) is 0 Å². The molecule has 0 radical (unpaired) electrons. The first-order chi connectivity index (χ1) is 13.1. The zero-order valence-corrected chi connectivity index (χ0v) is 15.6. The molecule has 0 fully saturated rings. The van der Waals surface area contributed by atoms with E-state index in [4.69, 9.17) is 9.47 Å². The monoisotopic (exact) mass is 366 g/mol. The Hall–Kier alpha value is -2.43. The van der Waals surface area contributed by atoms with Gasteiger partial charge in [-0.1, -0.05) is 74.0 Å². The molecule has 0 aromatic heterocycles. The Kier molecular flexibility index (Phi) is 6.43. The van der Waals surface area contributed by atoms with E-state index in [0.717, 1.165) is 17.5 Å². The summed E-state index contributed by atoms with van der Waals surface area (Å²) >= 11 is 0. The van der Waals surface area contributed by atoms with Crippen molar-refractivity contribution in [3.8, 4) is 0 Å². The molecule has 3 rings (SSSR count). The number of hydrogen-bond donors (Lipinski definition) is 1. The molecule has 0 aliphatic heterocycles. The SMILES string of the molecule is CCC[C@@H]1C=C(OCc2ccccc2)C(=O)[C@]1(O)COCc1ccccc1. The Bertz CT molecular complexity index is 769. The standard InChI is InChI=1S/C23H26O4/c1-2-9-20-14-21(27-16-19-12-7-4-8-13-19)22(24)23(20,25)17-26-15-18-10-5-3-6-11-18/h3-8,10-14,20,25H,2,9,15-17H2,1H3/t20-,23+/m1/s1. The molecule has 2 aromatic rings. The largest absolute Gasteiger partial charge is 0.485 e. The van der Waals surface area contributed by atoms with E-state index in [0.29, 0.717) is 19.6 Å². The van der Waals surface area contributed by atoms with Gasteiger partial charge in [0.05, 0.1) is 13.2 Å². The van der Waals surface area contributed by atoms with Crippen molar-refractivity contribution >= 4 is 5.78 Å². The zero-order valence-electron chi connectivity index (χ0n) is 15.6. The molecule has 0 bridgehead atoms. The van der Waals surface area contributed by atoms with E-state index < -0.39 is 5.60 Å². The fourth-order valence-electron chi connectivity index (χ4n) is 3.33. The lowest BCUT2D eigenvalue weighted by Gasteiger charge is -2.28. The van der Waals surface area contributed by atoms with Crippen molar-refractivity contribution in [2.45, 2.75) is 38.6 Å². The van der Waals surface area contributed by atoms with E-state index in [1.165, 1.54) is 0 Å². The van der Waals surface area contributed by atoms with Crippen LogP contribution in [-0.4, -0.2) is 23.1 Å². The number of hydrogen-bond acceptors (Lipinski definition) is 4. The average Bonchev–Trinajstić information content (AvgIpc) is 2.93. The van der Waals surface area contributed by atoms with Crippen LogP contribution in [0.15, 0.2) is 72.5 Å². The molecule has 27 heavy (non-hydrogen) atoms. The van der Waals surface area contributed by atoms with Gasteiger partial charge in [-0.15, -0.1) is 0 Å². The summed E-state index contributed by atoms with van der Waals surface area (Å²) < 4.78 is 11.4. The zero-order chi connectivity index (χ0) is 19.1. The molecule has 0 saturated heterocycles. The molecule has 0 spiro atoms. The van der Waals surface area contributed by atoms with Gasteiger partial charge in [-0.2, -0.15) is 0 Å². The van der Waals surface area contributed by atoms with Gasteiger partial charge in [-0.3, -0.25) is 4.79 Å². The normalized spacial score (nSPS) is 21.9. The van der Waals surface area contributed by atoms with Crippen molar-refractivity contribution in [2.75, 3.05) is 6.61 Å². The lowest BCUT2D eigenvalue weighted by atomic mass is 9.87. The molecule has 1 N–H and O–H groups in total. The summed E-state index contributed by atoms with van der Waals surface area (Å²) in [4.78, 5) is 12.9. The number of benzene rings is 2. The number of carbonyl (C=O) groups is 1. The van der Waals surface area contributed by atoms with Crippen LogP contribution in [-0.2, 0) is 27.5 Å². The number of ketones is 1. The maximum atomic E-state index is 12.9. The van der Waals surface area contributed by atoms with E-state index in [1.54, 1.807) is 6.08 Å². The van der Waals surface area contributed by atoms with Crippen molar-refractivity contribution in [1.29, 1.82) is 0 Å². The molecule has 4 nitrogen and oxygen atoms in total. The van der Waals surface area contributed by atoms with Gasteiger partial charge in [0.15, 0.2) is 11.4 Å². The predicted octanol–water partition coefficient (Wildman–Crippen LogP) is 4.03. The molecule has 0 saturated carbocycles. The molecular formula is C23H26O4. The highest BCUT2D eigenvalue weighted by Crippen LogP contribution is 2.36. The average molecular weight is 366 g/mol. The minimum atomic E-state index is -1.56. The van der Waals surface area contributed by atoms with Gasteiger partial charge in [0.2, 0.25) is 5.78 Å². The molecule has 1 aliphatic rings. The summed E-state index contributed by atoms with van der Waals surface area (Å²) in [6.45, 7) is 2.65. The van der Waals surface area contributed by atoms with E-state index >= 15 is 0 Å². The van der Waals surface area contributed by atoms with Crippen LogP contribution >= 0.6 is 0 Å². The first kappa shape index (κ1) is 19.3. The van der Waals surface area contributed by atoms with E-state index in [2.05, 4.69) is 0 Å².